The SMILES string of the molecule is Cl.N[C@H](c1ccccc1Cl)[C@@H](O)C(F)(F)F. The minimum absolute atomic E-state index is 0. The lowest BCUT2D eigenvalue weighted by molar-refractivity contribution is -0.210. The Morgan fingerprint density at radius 3 is 2.19 bits per heavy atom. The number of benzene rings is 1. The molecule has 1 aromatic rings. The normalized spacial score (nSPS) is 15.1. The summed E-state index contributed by atoms with van der Waals surface area (Å²) >= 11 is 5.65. The summed E-state index contributed by atoms with van der Waals surface area (Å²) in [5.41, 5.74) is 5.34. The van der Waals surface area contributed by atoms with Crippen LogP contribution in [-0.4, -0.2) is 17.4 Å². The molecule has 7 heteroatoms. The van der Waals surface area contributed by atoms with Gasteiger partial charge in [0, 0.05) is 5.02 Å². The molecule has 0 aromatic heterocycles. The quantitative estimate of drug-likeness (QED) is 0.872. The first kappa shape index (κ1) is 15.5. The molecule has 0 aliphatic heterocycles. The lowest BCUT2D eigenvalue weighted by atomic mass is 10.0. The monoisotopic (exact) mass is 275 g/mol. The first-order valence-corrected chi connectivity index (χ1v) is 4.46. The van der Waals surface area contributed by atoms with Gasteiger partial charge in [-0.3, -0.25) is 0 Å². The van der Waals surface area contributed by atoms with Gasteiger partial charge in [-0.15, -0.1) is 12.4 Å². The van der Waals surface area contributed by atoms with E-state index in [9.17, 15) is 13.2 Å². The molecule has 0 aliphatic rings. The van der Waals surface area contributed by atoms with Gasteiger partial charge in [0.25, 0.3) is 0 Å². The number of alkyl halides is 3. The molecule has 1 rings (SSSR count). The lowest BCUT2D eigenvalue weighted by Crippen LogP contribution is -2.38. The standard InChI is InChI=1S/C9H9ClF3NO.ClH/c10-6-4-2-1-3-5(6)7(14)8(15)9(11,12)13;/h1-4,7-8,15H,14H2;1H/t7-,8-;/m1./s1. The molecule has 1 aromatic carbocycles. The Kier molecular flexibility index (Phi) is 5.55. The number of rotatable bonds is 2. The largest absolute Gasteiger partial charge is 0.416 e. The summed E-state index contributed by atoms with van der Waals surface area (Å²) in [5, 5.41) is 9.03. The van der Waals surface area contributed by atoms with Gasteiger partial charge in [-0.25, -0.2) is 0 Å². The fourth-order valence-electron chi connectivity index (χ4n) is 1.12. The van der Waals surface area contributed by atoms with Gasteiger partial charge in [-0.05, 0) is 11.6 Å². The zero-order valence-corrected chi connectivity index (χ0v) is 9.48. The fourth-order valence-corrected chi connectivity index (χ4v) is 1.38. The van der Waals surface area contributed by atoms with Crippen LogP contribution in [0.5, 0.6) is 0 Å². The number of aliphatic hydroxyl groups is 1. The number of aliphatic hydroxyl groups excluding tert-OH is 1. The van der Waals surface area contributed by atoms with E-state index in [0.29, 0.717) is 0 Å². The molecule has 0 saturated carbocycles. The van der Waals surface area contributed by atoms with E-state index in [-0.39, 0.29) is 23.0 Å². The van der Waals surface area contributed by atoms with Crippen molar-refractivity contribution < 1.29 is 18.3 Å². The van der Waals surface area contributed by atoms with Gasteiger partial charge < -0.3 is 10.8 Å². The van der Waals surface area contributed by atoms with Crippen molar-refractivity contribution in [3.8, 4) is 0 Å². The first-order valence-electron chi connectivity index (χ1n) is 4.09. The predicted octanol–water partition coefficient (Wildman–Crippen LogP) is 2.68. The Bertz CT molecular complexity index is 346. The van der Waals surface area contributed by atoms with Crippen molar-refractivity contribution in [3.05, 3.63) is 34.9 Å². The van der Waals surface area contributed by atoms with Crippen molar-refractivity contribution in [3.63, 3.8) is 0 Å². The van der Waals surface area contributed by atoms with Gasteiger partial charge in [0.15, 0.2) is 6.10 Å². The summed E-state index contributed by atoms with van der Waals surface area (Å²) in [6, 6.07) is 4.27. The van der Waals surface area contributed by atoms with Crippen LogP contribution in [0.3, 0.4) is 0 Å². The maximum Gasteiger partial charge on any atom is 0.416 e. The van der Waals surface area contributed by atoms with E-state index in [1.165, 1.54) is 18.2 Å². The molecule has 16 heavy (non-hydrogen) atoms. The van der Waals surface area contributed by atoms with E-state index in [0.717, 1.165) is 0 Å². The number of halogens is 5. The van der Waals surface area contributed by atoms with Gasteiger partial charge in [0.05, 0.1) is 6.04 Å². The van der Waals surface area contributed by atoms with E-state index in [1.807, 2.05) is 0 Å². The second kappa shape index (κ2) is 5.72. The molecule has 0 radical (unpaired) electrons. The Hall–Kier alpha value is -0.490. The molecule has 0 spiro atoms. The molecule has 0 unspecified atom stereocenters. The van der Waals surface area contributed by atoms with Crippen molar-refractivity contribution in [2.75, 3.05) is 0 Å². The molecule has 0 amide bonds. The number of hydrogen-bond acceptors (Lipinski definition) is 2. The van der Waals surface area contributed by atoms with E-state index in [1.54, 1.807) is 6.07 Å². The summed E-state index contributed by atoms with van der Waals surface area (Å²) < 4.78 is 36.4. The Balaban J connectivity index is 0.00000225. The van der Waals surface area contributed by atoms with Crippen LogP contribution in [0.2, 0.25) is 5.02 Å². The smallest absolute Gasteiger partial charge is 0.382 e. The van der Waals surface area contributed by atoms with Gasteiger partial charge >= 0.3 is 6.18 Å². The maximum absolute atomic E-state index is 12.1. The maximum atomic E-state index is 12.1. The molecule has 0 saturated heterocycles. The fraction of sp³-hybridized carbons (Fsp3) is 0.333. The number of nitrogens with two attached hydrogens (primary N) is 1. The van der Waals surface area contributed by atoms with Crippen LogP contribution in [0, 0.1) is 0 Å². The minimum Gasteiger partial charge on any atom is -0.382 e. The molecule has 0 aliphatic carbocycles. The highest BCUT2D eigenvalue weighted by Crippen LogP contribution is 2.31. The van der Waals surface area contributed by atoms with E-state index >= 15 is 0 Å². The van der Waals surface area contributed by atoms with E-state index in [2.05, 4.69) is 0 Å². The molecule has 0 fully saturated rings. The molecular formula is C9H10Cl2F3NO. The highest BCUT2D eigenvalue weighted by Gasteiger charge is 2.43. The van der Waals surface area contributed by atoms with Crippen molar-refractivity contribution in [1.82, 2.24) is 0 Å². The topological polar surface area (TPSA) is 46.2 Å². The van der Waals surface area contributed by atoms with Crippen LogP contribution in [0.25, 0.3) is 0 Å². The number of hydrogen-bond donors (Lipinski definition) is 2. The summed E-state index contributed by atoms with van der Waals surface area (Å²) in [7, 11) is 0. The van der Waals surface area contributed by atoms with E-state index < -0.39 is 18.3 Å². The third-order valence-corrected chi connectivity index (χ3v) is 2.28. The summed E-state index contributed by atoms with van der Waals surface area (Å²) in [4.78, 5) is 0. The Morgan fingerprint density at radius 2 is 1.75 bits per heavy atom. The Morgan fingerprint density at radius 1 is 1.25 bits per heavy atom. The van der Waals surface area contributed by atoms with Gasteiger partial charge in [-0.2, -0.15) is 13.2 Å². The molecule has 0 bridgehead atoms. The van der Waals surface area contributed by atoms with Crippen LogP contribution in [-0.2, 0) is 0 Å². The van der Waals surface area contributed by atoms with Crippen LogP contribution < -0.4 is 5.73 Å². The zero-order valence-electron chi connectivity index (χ0n) is 7.91. The highest BCUT2D eigenvalue weighted by atomic mass is 35.5. The molecule has 2 nitrogen and oxygen atoms in total. The average molecular weight is 276 g/mol. The molecule has 92 valence electrons. The first-order chi connectivity index (χ1) is 6.84. The molecule has 0 heterocycles. The van der Waals surface area contributed by atoms with Crippen molar-refractivity contribution >= 4 is 24.0 Å². The van der Waals surface area contributed by atoms with Gasteiger partial charge in [0.1, 0.15) is 0 Å². The van der Waals surface area contributed by atoms with Gasteiger partial charge in [-0.1, -0.05) is 29.8 Å². The Labute approximate surface area is 102 Å². The summed E-state index contributed by atoms with van der Waals surface area (Å²) in [6.45, 7) is 0. The summed E-state index contributed by atoms with van der Waals surface area (Å²) in [6.07, 6.45) is -7.36. The van der Waals surface area contributed by atoms with Gasteiger partial charge in [0.2, 0.25) is 0 Å². The van der Waals surface area contributed by atoms with Crippen molar-refractivity contribution in [2.45, 2.75) is 18.3 Å². The lowest BCUT2D eigenvalue weighted by Gasteiger charge is -2.22. The third-order valence-electron chi connectivity index (χ3n) is 1.94. The summed E-state index contributed by atoms with van der Waals surface area (Å²) in [5.74, 6) is 0. The highest BCUT2D eigenvalue weighted by molar-refractivity contribution is 6.31. The molecule has 2 atom stereocenters. The van der Waals surface area contributed by atoms with Crippen LogP contribution in [0.1, 0.15) is 11.6 Å². The molecule has 3 N–H and O–H groups in total. The van der Waals surface area contributed by atoms with Crippen LogP contribution in [0.15, 0.2) is 24.3 Å². The zero-order chi connectivity index (χ0) is 11.6. The third kappa shape index (κ3) is 3.52. The minimum atomic E-state index is -4.75. The second-order valence-electron chi connectivity index (χ2n) is 3.03. The van der Waals surface area contributed by atoms with Crippen LogP contribution >= 0.6 is 24.0 Å². The molecular weight excluding hydrogens is 266 g/mol. The second-order valence-corrected chi connectivity index (χ2v) is 3.44. The predicted molar refractivity (Wildman–Crippen MR) is 57.7 cm³/mol. The van der Waals surface area contributed by atoms with Crippen molar-refractivity contribution in [1.29, 1.82) is 0 Å². The van der Waals surface area contributed by atoms with Crippen molar-refractivity contribution in [2.24, 2.45) is 5.73 Å². The average Bonchev–Trinajstić information content (AvgIpc) is 2.15. The van der Waals surface area contributed by atoms with Crippen LogP contribution in [0.4, 0.5) is 13.2 Å². The van der Waals surface area contributed by atoms with E-state index in [4.69, 9.17) is 22.4 Å².